The van der Waals surface area contributed by atoms with Crippen molar-refractivity contribution in [2.45, 2.75) is 19.8 Å². The molecule has 0 unspecified atom stereocenters. The summed E-state index contributed by atoms with van der Waals surface area (Å²) in [5.41, 5.74) is 0. The van der Waals surface area contributed by atoms with Gasteiger partial charge in [0, 0.05) is 53.4 Å². The number of hydrogen-bond acceptors (Lipinski definition) is 5. The number of hydrogen-bond donors (Lipinski definition) is 0. The molecule has 144 valence electrons. The van der Waals surface area contributed by atoms with Crippen LogP contribution in [0.2, 0.25) is 0 Å². The average Bonchev–Trinajstić information content (AvgIpc) is 2.61. The van der Waals surface area contributed by atoms with Crippen molar-refractivity contribution in [2.24, 2.45) is 5.92 Å². The topological polar surface area (TPSA) is 90.5 Å². The minimum absolute atomic E-state index is 0.0258. The molecule has 2 aliphatic heterocycles. The molecular formula is C15H28N4O5S. The smallest absolute Gasteiger partial charge is 0.409 e. The molecule has 1 atom stereocenters. The van der Waals surface area contributed by atoms with Crippen LogP contribution in [0, 0.1) is 5.92 Å². The highest BCUT2D eigenvalue weighted by atomic mass is 32.2. The van der Waals surface area contributed by atoms with Gasteiger partial charge in [0.15, 0.2) is 0 Å². The Kier molecular flexibility index (Phi) is 6.64. The summed E-state index contributed by atoms with van der Waals surface area (Å²) in [7, 11) is -0.506. The zero-order chi connectivity index (χ0) is 18.6. The zero-order valence-electron chi connectivity index (χ0n) is 15.2. The van der Waals surface area contributed by atoms with Gasteiger partial charge in [-0.05, 0) is 19.8 Å². The van der Waals surface area contributed by atoms with Crippen molar-refractivity contribution in [3.8, 4) is 0 Å². The lowest BCUT2D eigenvalue weighted by Crippen LogP contribution is -2.54. The van der Waals surface area contributed by atoms with Gasteiger partial charge in [-0.1, -0.05) is 0 Å². The molecule has 0 N–H and O–H groups in total. The maximum atomic E-state index is 12.8. The number of carbonyl (C=O) groups is 2. The summed E-state index contributed by atoms with van der Waals surface area (Å²) in [6.07, 6.45) is 1.01. The molecule has 2 rings (SSSR count). The molecule has 0 saturated carbocycles. The summed E-state index contributed by atoms with van der Waals surface area (Å²) in [6, 6.07) is 0. The van der Waals surface area contributed by atoms with E-state index < -0.39 is 10.2 Å². The number of carbonyl (C=O) groups excluding carboxylic acids is 2. The summed E-state index contributed by atoms with van der Waals surface area (Å²) in [5.74, 6) is -0.347. The quantitative estimate of drug-likeness (QED) is 0.678. The van der Waals surface area contributed by atoms with Gasteiger partial charge in [-0.25, -0.2) is 4.79 Å². The highest BCUT2D eigenvalue weighted by Crippen LogP contribution is 2.22. The van der Waals surface area contributed by atoms with Crippen LogP contribution in [0.4, 0.5) is 4.79 Å². The Morgan fingerprint density at radius 2 is 1.68 bits per heavy atom. The molecule has 2 amide bonds. The van der Waals surface area contributed by atoms with Crippen LogP contribution in [0.15, 0.2) is 0 Å². The van der Waals surface area contributed by atoms with Crippen LogP contribution in [0.5, 0.6) is 0 Å². The molecule has 0 aromatic carbocycles. The highest BCUT2D eigenvalue weighted by Gasteiger charge is 2.36. The third-order valence-electron chi connectivity index (χ3n) is 4.64. The van der Waals surface area contributed by atoms with Crippen LogP contribution in [-0.2, 0) is 19.7 Å². The second kappa shape index (κ2) is 8.33. The van der Waals surface area contributed by atoms with Gasteiger partial charge in [-0.15, -0.1) is 0 Å². The van der Waals surface area contributed by atoms with Crippen molar-refractivity contribution in [2.75, 3.05) is 60.0 Å². The molecule has 2 saturated heterocycles. The number of rotatable bonds is 4. The summed E-state index contributed by atoms with van der Waals surface area (Å²) in [5, 5.41) is 0. The van der Waals surface area contributed by atoms with Crippen molar-refractivity contribution in [3.63, 3.8) is 0 Å². The van der Waals surface area contributed by atoms with Gasteiger partial charge >= 0.3 is 6.09 Å². The Labute approximate surface area is 149 Å². The molecule has 0 bridgehead atoms. The van der Waals surface area contributed by atoms with Crippen LogP contribution < -0.4 is 0 Å². The first-order valence-electron chi connectivity index (χ1n) is 8.65. The van der Waals surface area contributed by atoms with E-state index in [0.717, 1.165) is 0 Å². The Morgan fingerprint density at radius 3 is 2.24 bits per heavy atom. The minimum atomic E-state index is -3.50. The third kappa shape index (κ3) is 4.62. The molecule has 9 nitrogen and oxygen atoms in total. The van der Waals surface area contributed by atoms with E-state index >= 15 is 0 Å². The molecule has 2 aliphatic rings. The second-order valence-corrected chi connectivity index (χ2v) is 8.64. The zero-order valence-corrected chi connectivity index (χ0v) is 16.0. The number of piperazine rings is 1. The van der Waals surface area contributed by atoms with Crippen LogP contribution in [-0.4, -0.2) is 98.8 Å². The normalized spacial score (nSPS) is 23.0. The van der Waals surface area contributed by atoms with Crippen LogP contribution in [0.1, 0.15) is 19.8 Å². The fourth-order valence-corrected chi connectivity index (χ4v) is 4.36. The molecule has 0 spiro atoms. The molecule has 25 heavy (non-hydrogen) atoms. The van der Waals surface area contributed by atoms with Crippen molar-refractivity contribution in [1.29, 1.82) is 0 Å². The van der Waals surface area contributed by atoms with Crippen molar-refractivity contribution in [3.05, 3.63) is 0 Å². The largest absolute Gasteiger partial charge is 0.450 e. The average molecular weight is 376 g/mol. The van der Waals surface area contributed by atoms with Crippen LogP contribution in [0.3, 0.4) is 0 Å². The first-order valence-corrected chi connectivity index (χ1v) is 10.0. The van der Waals surface area contributed by atoms with Gasteiger partial charge in [0.1, 0.15) is 0 Å². The van der Waals surface area contributed by atoms with E-state index in [0.29, 0.717) is 52.2 Å². The van der Waals surface area contributed by atoms with Gasteiger partial charge < -0.3 is 14.5 Å². The summed E-state index contributed by atoms with van der Waals surface area (Å²) in [6.45, 7) is 4.54. The van der Waals surface area contributed by atoms with E-state index in [4.69, 9.17) is 4.74 Å². The van der Waals surface area contributed by atoms with E-state index in [1.54, 1.807) is 16.7 Å². The summed E-state index contributed by atoms with van der Waals surface area (Å²) in [4.78, 5) is 27.8. The predicted octanol–water partition coefficient (Wildman–Crippen LogP) is -0.194. The van der Waals surface area contributed by atoms with Crippen molar-refractivity contribution in [1.82, 2.24) is 18.4 Å². The summed E-state index contributed by atoms with van der Waals surface area (Å²) < 4.78 is 32.1. The molecule has 0 aromatic rings. The number of ether oxygens (including phenoxy) is 1. The maximum Gasteiger partial charge on any atom is 0.409 e. The molecule has 2 heterocycles. The monoisotopic (exact) mass is 376 g/mol. The standard InChI is InChI=1S/C15H28N4O5S/c1-4-24-15(21)18-10-8-17(9-11-18)14(20)13-6-5-7-19(12-13)25(22,23)16(2)3/h13H,4-12H2,1-3H3/t13-/m1/s1. The molecule has 10 heteroatoms. The lowest BCUT2D eigenvalue weighted by molar-refractivity contribution is -0.138. The van der Waals surface area contributed by atoms with Gasteiger partial charge in [-0.3, -0.25) is 4.79 Å². The second-order valence-electron chi connectivity index (χ2n) is 6.50. The van der Waals surface area contributed by atoms with Crippen molar-refractivity contribution >= 4 is 22.2 Å². The molecule has 2 fully saturated rings. The number of piperidine rings is 1. The van der Waals surface area contributed by atoms with E-state index in [-0.39, 0.29) is 24.5 Å². The third-order valence-corrected chi connectivity index (χ3v) is 6.55. The SMILES string of the molecule is CCOC(=O)N1CCN(C(=O)[C@@H]2CCCN(S(=O)(=O)N(C)C)C2)CC1. The first kappa shape index (κ1) is 19.9. The van der Waals surface area contributed by atoms with Gasteiger partial charge in [0.2, 0.25) is 5.91 Å². The van der Waals surface area contributed by atoms with Crippen LogP contribution in [0.25, 0.3) is 0 Å². The number of amides is 2. The van der Waals surface area contributed by atoms with E-state index in [1.807, 2.05) is 0 Å². The molecular weight excluding hydrogens is 348 g/mol. The first-order chi connectivity index (χ1) is 11.8. The van der Waals surface area contributed by atoms with E-state index in [9.17, 15) is 18.0 Å². The van der Waals surface area contributed by atoms with Gasteiger partial charge in [0.25, 0.3) is 10.2 Å². The molecule has 0 radical (unpaired) electrons. The van der Waals surface area contributed by atoms with Gasteiger partial charge in [-0.2, -0.15) is 17.0 Å². The Balaban J connectivity index is 1.92. The Morgan fingerprint density at radius 1 is 1.08 bits per heavy atom. The van der Waals surface area contributed by atoms with E-state index in [1.165, 1.54) is 22.7 Å². The van der Waals surface area contributed by atoms with Gasteiger partial charge in [0.05, 0.1) is 12.5 Å². The lowest BCUT2D eigenvalue weighted by Gasteiger charge is -2.38. The summed E-state index contributed by atoms with van der Waals surface area (Å²) >= 11 is 0. The molecule has 0 aromatic heterocycles. The number of nitrogens with zero attached hydrogens (tertiary/aromatic N) is 4. The maximum absolute atomic E-state index is 12.8. The van der Waals surface area contributed by atoms with Crippen LogP contribution >= 0.6 is 0 Å². The fourth-order valence-electron chi connectivity index (χ4n) is 3.17. The van der Waals surface area contributed by atoms with E-state index in [2.05, 4.69) is 0 Å². The van der Waals surface area contributed by atoms with Crippen molar-refractivity contribution < 1.29 is 22.7 Å². The Hall–Kier alpha value is -1.39. The highest BCUT2D eigenvalue weighted by molar-refractivity contribution is 7.86. The Bertz CT molecular complexity index is 587. The predicted molar refractivity (Wildman–Crippen MR) is 92.1 cm³/mol. The fraction of sp³-hybridized carbons (Fsp3) is 0.867. The lowest BCUT2D eigenvalue weighted by atomic mass is 9.98. The minimum Gasteiger partial charge on any atom is -0.450 e. The molecule has 0 aliphatic carbocycles.